The van der Waals surface area contributed by atoms with Crippen LogP contribution in [0.15, 0.2) is 66.9 Å². The molecule has 0 radical (unpaired) electrons. The van der Waals surface area contributed by atoms with E-state index < -0.39 is 18.0 Å². The van der Waals surface area contributed by atoms with Gasteiger partial charge < -0.3 is 19.6 Å². The number of nitrogens with zero attached hydrogens (tertiary/aromatic N) is 3. The predicted molar refractivity (Wildman–Crippen MR) is 134 cm³/mol. The van der Waals surface area contributed by atoms with Crippen molar-refractivity contribution < 1.29 is 23.8 Å². The number of carbonyl (C=O) groups is 2. The molecule has 3 aromatic rings. The maximum atomic E-state index is 13.7. The Morgan fingerprint density at radius 1 is 1.19 bits per heavy atom. The lowest BCUT2D eigenvalue weighted by Gasteiger charge is -2.37. The molecule has 1 aliphatic heterocycles. The van der Waals surface area contributed by atoms with Gasteiger partial charge in [-0.15, -0.1) is 0 Å². The number of aliphatic hydroxyl groups is 1. The van der Waals surface area contributed by atoms with Gasteiger partial charge >= 0.3 is 0 Å². The van der Waals surface area contributed by atoms with E-state index in [2.05, 4.69) is 4.98 Å². The summed E-state index contributed by atoms with van der Waals surface area (Å²) < 4.78 is 19.9. The van der Waals surface area contributed by atoms with Gasteiger partial charge in [0.15, 0.2) is 0 Å². The molecule has 0 unspecified atom stereocenters. The Hall–Kier alpha value is -3.78. The Balaban J connectivity index is 1.67. The Morgan fingerprint density at radius 2 is 1.94 bits per heavy atom. The first kappa shape index (κ1) is 25.3. The maximum absolute atomic E-state index is 13.7. The molecule has 1 N–H and O–H groups in total. The number of hydrogen-bond donors (Lipinski definition) is 1. The Morgan fingerprint density at radius 3 is 2.64 bits per heavy atom. The van der Waals surface area contributed by atoms with Crippen LogP contribution in [0.3, 0.4) is 0 Å². The van der Waals surface area contributed by atoms with Gasteiger partial charge in [-0.05, 0) is 36.8 Å². The molecule has 1 aliphatic rings. The maximum Gasteiger partial charge on any atom is 0.259 e. The van der Waals surface area contributed by atoms with Crippen LogP contribution in [-0.2, 0) is 0 Å². The van der Waals surface area contributed by atoms with Crippen LogP contribution < -0.4 is 4.74 Å². The Labute approximate surface area is 210 Å². The third kappa shape index (κ3) is 5.39. The number of pyridine rings is 1. The van der Waals surface area contributed by atoms with E-state index in [1.165, 1.54) is 23.1 Å². The monoisotopic (exact) mass is 491 g/mol. The van der Waals surface area contributed by atoms with Crippen LogP contribution in [0.25, 0.3) is 11.1 Å². The third-order valence-corrected chi connectivity index (χ3v) is 6.50. The van der Waals surface area contributed by atoms with Crippen molar-refractivity contribution in [1.29, 1.82) is 0 Å². The highest BCUT2D eigenvalue weighted by molar-refractivity contribution is 5.98. The molecule has 36 heavy (non-hydrogen) atoms. The fraction of sp³-hybridized carbons (Fsp3) is 0.321. The number of ether oxygens (including phenoxy) is 1. The predicted octanol–water partition coefficient (Wildman–Crippen LogP) is 3.88. The average molecular weight is 492 g/mol. The number of rotatable bonds is 6. The molecule has 2 amide bonds. The standard InChI is InChI=1S/C28H30FN3O4/c1-18-15-32(19(2)17-33)28(35)24-13-22(20-8-5-4-6-9-20)14-30-26(24)36-25(18)16-31(3)27(34)21-10-7-11-23(29)12-21/h4-14,18-19,25,33H,15-17H2,1-3H3/t18-,19+,25+/m1/s1. The molecule has 3 atom stereocenters. The molecule has 0 saturated heterocycles. The van der Waals surface area contributed by atoms with Crippen molar-refractivity contribution in [2.24, 2.45) is 5.92 Å². The quantitative estimate of drug-likeness (QED) is 0.566. The zero-order valence-corrected chi connectivity index (χ0v) is 20.6. The number of fused-ring (bicyclic) bond motifs is 1. The van der Waals surface area contributed by atoms with Crippen LogP contribution in [0.2, 0.25) is 0 Å². The van der Waals surface area contributed by atoms with E-state index in [0.717, 1.165) is 11.1 Å². The molecular formula is C28H30FN3O4. The summed E-state index contributed by atoms with van der Waals surface area (Å²) >= 11 is 0. The summed E-state index contributed by atoms with van der Waals surface area (Å²) in [4.78, 5) is 34.1. The molecule has 0 aliphatic carbocycles. The van der Waals surface area contributed by atoms with Crippen molar-refractivity contribution in [3.63, 3.8) is 0 Å². The SMILES string of the molecule is C[C@@H]1CN([C@@H](C)CO)C(=O)c2cc(-c3ccccc3)cnc2O[C@H]1CN(C)C(=O)c1cccc(F)c1. The highest BCUT2D eigenvalue weighted by Gasteiger charge is 2.35. The van der Waals surface area contributed by atoms with Crippen LogP contribution in [0.5, 0.6) is 5.88 Å². The molecule has 8 heteroatoms. The molecule has 2 aromatic carbocycles. The van der Waals surface area contributed by atoms with Gasteiger partial charge in [0.2, 0.25) is 5.88 Å². The lowest BCUT2D eigenvalue weighted by Crippen LogP contribution is -2.50. The highest BCUT2D eigenvalue weighted by Crippen LogP contribution is 2.30. The van der Waals surface area contributed by atoms with Gasteiger partial charge in [-0.2, -0.15) is 0 Å². The molecule has 188 valence electrons. The van der Waals surface area contributed by atoms with E-state index in [1.54, 1.807) is 37.2 Å². The zero-order chi connectivity index (χ0) is 25.8. The van der Waals surface area contributed by atoms with Crippen molar-refractivity contribution in [3.8, 4) is 17.0 Å². The van der Waals surface area contributed by atoms with Crippen LogP contribution in [0.4, 0.5) is 4.39 Å². The van der Waals surface area contributed by atoms with E-state index in [1.807, 2.05) is 37.3 Å². The Kier molecular flexibility index (Phi) is 7.64. The van der Waals surface area contributed by atoms with Gasteiger partial charge in [0.1, 0.15) is 17.5 Å². The fourth-order valence-corrected chi connectivity index (χ4v) is 4.30. The largest absolute Gasteiger partial charge is 0.472 e. The molecule has 0 saturated carbocycles. The summed E-state index contributed by atoms with van der Waals surface area (Å²) in [7, 11) is 1.63. The molecule has 2 heterocycles. The fourth-order valence-electron chi connectivity index (χ4n) is 4.30. The average Bonchev–Trinajstić information content (AvgIpc) is 2.90. The van der Waals surface area contributed by atoms with Crippen LogP contribution in [0.1, 0.15) is 34.6 Å². The molecule has 1 aromatic heterocycles. The number of likely N-dealkylation sites (N-methyl/N-ethyl adjacent to an activating group) is 1. The number of carbonyl (C=O) groups excluding carboxylic acids is 2. The third-order valence-electron chi connectivity index (χ3n) is 6.50. The van der Waals surface area contributed by atoms with Crippen molar-refractivity contribution in [2.45, 2.75) is 26.0 Å². The van der Waals surface area contributed by atoms with Gasteiger partial charge in [0.05, 0.1) is 19.2 Å². The number of amides is 2. The number of aliphatic hydroxyl groups excluding tert-OH is 1. The second-order valence-electron chi connectivity index (χ2n) is 9.26. The number of benzene rings is 2. The second kappa shape index (κ2) is 10.9. The van der Waals surface area contributed by atoms with Gasteiger partial charge in [-0.3, -0.25) is 9.59 Å². The highest BCUT2D eigenvalue weighted by atomic mass is 19.1. The van der Waals surface area contributed by atoms with Gasteiger partial charge in [0.25, 0.3) is 11.8 Å². The minimum Gasteiger partial charge on any atom is -0.472 e. The van der Waals surface area contributed by atoms with Crippen molar-refractivity contribution in [3.05, 3.63) is 83.8 Å². The minimum atomic E-state index is -0.497. The molecule has 0 fully saturated rings. The molecule has 0 spiro atoms. The summed E-state index contributed by atoms with van der Waals surface area (Å²) in [6, 6.07) is 16.5. The van der Waals surface area contributed by atoms with E-state index in [4.69, 9.17) is 4.74 Å². The number of hydrogen-bond acceptors (Lipinski definition) is 5. The number of aromatic nitrogens is 1. The minimum absolute atomic E-state index is 0.179. The van der Waals surface area contributed by atoms with Crippen LogP contribution in [-0.4, -0.2) is 70.6 Å². The van der Waals surface area contributed by atoms with E-state index in [0.29, 0.717) is 12.1 Å². The first-order valence-corrected chi connectivity index (χ1v) is 11.9. The smallest absolute Gasteiger partial charge is 0.259 e. The summed E-state index contributed by atoms with van der Waals surface area (Å²) in [5.41, 5.74) is 2.22. The summed E-state index contributed by atoms with van der Waals surface area (Å²) in [6.07, 6.45) is 1.16. The molecular weight excluding hydrogens is 461 g/mol. The second-order valence-corrected chi connectivity index (χ2v) is 9.26. The van der Waals surface area contributed by atoms with Gasteiger partial charge in [-0.1, -0.05) is 43.3 Å². The topological polar surface area (TPSA) is 83.0 Å². The van der Waals surface area contributed by atoms with Crippen molar-refractivity contribution in [1.82, 2.24) is 14.8 Å². The van der Waals surface area contributed by atoms with Crippen LogP contribution >= 0.6 is 0 Å². The zero-order valence-electron chi connectivity index (χ0n) is 20.6. The van der Waals surface area contributed by atoms with Crippen molar-refractivity contribution >= 4 is 11.8 Å². The first-order chi connectivity index (χ1) is 17.3. The van der Waals surface area contributed by atoms with Crippen molar-refractivity contribution in [2.75, 3.05) is 26.7 Å². The summed E-state index contributed by atoms with van der Waals surface area (Å²) in [5, 5.41) is 9.84. The lowest BCUT2D eigenvalue weighted by atomic mass is 9.99. The Bertz CT molecular complexity index is 1240. The van der Waals surface area contributed by atoms with E-state index in [-0.39, 0.29) is 42.3 Å². The van der Waals surface area contributed by atoms with E-state index in [9.17, 15) is 19.1 Å². The lowest BCUT2D eigenvalue weighted by molar-refractivity contribution is 0.0313. The van der Waals surface area contributed by atoms with E-state index >= 15 is 0 Å². The number of halogens is 1. The normalized spacial score (nSPS) is 18.5. The first-order valence-electron chi connectivity index (χ1n) is 11.9. The summed E-state index contributed by atoms with van der Waals surface area (Å²) in [5.74, 6) is -1.10. The molecule has 4 rings (SSSR count). The molecule has 0 bridgehead atoms. The molecule has 7 nitrogen and oxygen atoms in total. The van der Waals surface area contributed by atoms with Gasteiger partial charge in [-0.25, -0.2) is 9.37 Å². The van der Waals surface area contributed by atoms with Gasteiger partial charge in [0, 0.05) is 36.8 Å². The summed E-state index contributed by atoms with van der Waals surface area (Å²) in [6.45, 7) is 4.05. The van der Waals surface area contributed by atoms with Crippen LogP contribution in [0, 0.1) is 11.7 Å².